The molecule has 0 saturated carbocycles. The molecule has 0 unspecified atom stereocenters. The molecule has 0 aliphatic rings. The first-order valence-corrected chi connectivity index (χ1v) is 7.60. The predicted octanol–water partition coefficient (Wildman–Crippen LogP) is 0.420. The predicted molar refractivity (Wildman–Crippen MR) is 68.5 cm³/mol. The number of aromatic nitrogens is 3. The number of aryl methyl sites for hydroxylation is 1. The highest BCUT2D eigenvalue weighted by Gasteiger charge is 2.20. The highest BCUT2D eigenvalue weighted by atomic mass is 32.2. The SMILES string of the molecule is CCn1cc(S(=O)(=O)NCc2nccs2)c(N)n1. The second-order valence-corrected chi connectivity index (χ2v) is 6.20. The van der Waals surface area contributed by atoms with Gasteiger partial charge < -0.3 is 5.73 Å². The van der Waals surface area contributed by atoms with Gasteiger partial charge in [0, 0.05) is 24.3 Å². The molecule has 2 heterocycles. The van der Waals surface area contributed by atoms with E-state index in [0.717, 1.165) is 0 Å². The quantitative estimate of drug-likeness (QED) is 0.829. The number of thiazole rings is 1. The Morgan fingerprint density at radius 2 is 2.33 bits per heavy atom. The Morgan fingerprint density at radius 3 is 2.89 bits per heavy atom. The molecule has 2 rings (SSSR count). The molecule has 98 valence electrons. The van der Waals surface area contributed by atoms with E-state index < -0.39 is 10.0 Å². The number of nitrogens with one attached hydrogen (secondary N) is 1. The van der Waals surface area contributed by atoms with Crippen molar-refractivity contribution in [1.29, 1.82) is 0 Å². The Hall–Kier alpha value is -1.45. The van der Waals surface area contributed by atoms with Crippen LogP contribution in [0.5, 0.6) is 0 Å². The van der Waals surface area contributed by atoms with E-state index >= 15 is 0 Å². The van der Waals surface area contributed by atoms with Gasteiger partial charge in [-0.3, -0.25) is 4.68 Å². The van der Waals surface area contributed by atoms with Crippen molar-refractivity contribution in [2.24, 2.45) is 0 Å². The van der Waals surface area contributed by atoms with Crippen LogP contribution in [0.3, 0.4) is 0 Å². The van der Waals surface area contributed by atoms with Crippen LogP contribution < -0.4 is 10.5 Å². The molecular formula is C9H13N5O2S2. The van der Waals surface area contributed by atoms with Crippen molar-refractivity contribution < 1.29 is 8.42 Å². The van der Waals surface area contributed by atoms with Gasteiger partial charge in [-0.25, -0.2) is 18.1 Å². The molecule has 0 bridgehead atoms. The minimum Gasteiger partial charge on any atom is -0.381 e. The Bertz CT molecular complexity index is 617. The van der Waals surface area contributed by atoms with E-state index in [1.165, 1.54) is 22.2 Å². The molecule has 0 radical (unpaired) electrons. The number of nitrogen functional groups attached to an aromatic ring is 1. The normalized spacial score (nSPS) is 11.8. The fourth-order valence-electron chi connectivity index (χ4n) is 1.36. The van der Waals surface area contributed by atoms with Crippen molar-refractivity contribution in [3.63, 3.8) is 0 Å². The number of sulfonamides is 1. The third-order valence-corrected chi connectivity index (χ3v) is 4.46. The number of rotatable bonds is 5. The number of anilines is 1. The Kier molecular flexibility index (Phi) is 3.64. The van der Waals surface area contributed by atoms with E-state index in [1.54, 1.807) is 11.6 Å². The lowest BCUT2D eigenvalue weighted by molar-refractivity contribution is 0.581. The van der Waals surface area contributed by atoms with Crippen molar-refractivity contribution >= 4 is 27.2 Å². The Morgan fingerprint density at radius 1 is 1.56 bits per heavy atom. The van der Waals surface area contributed by atoms with Gasteiger partial charge in [0.15, 0.2) is 5.82 Å². The molecule has 3 N–H and O–H groups in total. The molecular weight excluding hydrogens is 274 g/mol. The van der Waals surface area contributed by atoms with Gasteiger partial charge in [-0.15, -0.1) is 11.3 Å². The molecule has 9 heteroatoms. The van der Waals surface area contributed by atoms with Crippen LogP contribution in [-0.4, -0.2) is 23.2 Å². The minimum atomic E-state index is -3.65. The second-order valence-electron chi connectivity index (χ2n) is 3.48. The summed E-state index contributed by atoms with van der Waals surface area (Å²) in [5.74, 6) is 0.00323. The molecule has 0 saturated heterocycles. The fraction of sp³-hybridized carbons (Fsp3) is 0.333. The van der Waals surface area contributed by atoms with E-state index in [9.17, 15) is 8.42 Å². The summed E-state index contributed by atoms with van der Waals surface area (Å²) in [6.07, 6.45) is 3.04. The van der Waals surface area contributed by atoms with Gasteiger partial charge in [-0.2, -0.15) is 5.10 Å². The van der Waals surface area contributed by atoms with E-state index in [-0.39, 0.29) is 17.3 Å². The van der Waals surface area contributed by atoms with Crippen LogP contribution in [0, 0.1) is 0 Å². The van der Waals surface area contributed by atoms with Gasteiger partial charge in [0.25, 0.3) is 0 Å². The molecule has 18 heavy (non-hydrogen) atoms. The van der Waals surface area contributed by atoms with Crippen LogP contribution in [0.25, 0.3) is 0 Å². The van der Waals surface area contributed by atoms with Gasteiger partial charge in [-0.1, -0.05) is 0 Å². The van der Waals surface area contributed by atoms with Crippen LogP contribution in [0.1, 0.15) is 11.9 Å². The van der Waals surface area contributed by atoms with Crippen molar-refractivity contribution in [3.05, 3.63) is 22.8 Å². The van der Waals surface area contributed by atoms with E-state index in [1.807, 2.05) is 6.92 Å². The summed E-state index contributed by atoms with van der Waals surface area (Å²) in [5.41, 5.74) is 5.59. The lowest BCUT2D eigenvalue weighted by Crippen LogP contribution is -2.23. The monoisotopic (exact) mass is 287 g/mol. The summed E-state index contributed by atoms with van der Waals surface area (Å²) in [5, 5.41) is 6.38. The summed E-state index contributed by atoms with van der Waals surface area (Å²) in [6, 6.07) is 0. The van der Waals surface area contributed by atoms with Crippen LogP contribution in [-0.2, 0) is 23.1 Å². The average molecular weight is 287 g/mol. The van der Waals surface area contributed by atoms with Gasteiger partial charge in [0.2, 0.25) is 10.0 Å². The maximum absolute atomic E-state index is 12.0. The maximum atomic E-state index is 12.0. The fourth-order valence-corrected chi connectivity index (χ4v) is 3.07. The molecule has 0 aliphatic heterocycles. The van der Waals surface area contributed by atoms with Gasteiger partial charge in [0.1, 0.15) is 9.90 Å². The Balaban J connectivity index is 2.17. The molecule has 2 aromatic heterocycles. The highest BCUT2D eigenvalue weighted by molar-refractivity contribution is 7.89. The smallest absolute Gasteiger partial charge is 0.246 e. The van der Waals surface area contributed by atoms with Gasteiger partial charge >= 0.3 is 0 Å². The van der Waals surface area contributed by atoms with Crippen LogP contribution in [0.4, 0.5) is 5.82 Å². The molecule has 0 atom stereocenters. The molecule has 2 aromatic rings. The van der Waals surface area contributed by atoms with Crippen LogP contribution in [0.15, 0.2) is 22.7 Å². The zero-order chi connectivity index (χ0) is 13.2. The van der Waals surface area contributed by atoms with Crippen molar-refractivity contribution in [2.45, 2.75) is 24.9 Å². The Labute approximate surface area is 109 Å². The molecule has 7 nitrogen and oxygen atoms in total. The molecule has 0 aromatic carbocycles. The summed E-state index contributed by atoms with van der Waals surface area (Å²) in [7, 11) is -3.65. The second kappa shape index (κ2) is 5.04. The molecule has 0 spiro atoms. The average Bonchev–Trinajstić information content (AvgIpc) is 2.95. The van der Waals surface area contributed by atoms with E-state index in [2.05, 4.69) is 14.8 Å². The minimum absolute atomic E-state index is 0.000839. The maximum Gasteiger partial charge on any atom is 0.246 e. The number of hydrogen-bond acceptors (Lipinski definition) is 6. The highest BCUT2D eigenvalue weighted by Crippen LogP contribution is 2.16. The summed E-state index contributed by atoms with van der Waals surface area (Å²) >= 11 is 1.38. The molecule has 0 aliphatic carbocycles. The van der Waals surface area contributed by atoms with Crippen molar-refractivity contribution in [1.82, 2.24) is 19.5 Å². The summed E-state index contributed by atoms with van der Waals surface area (Å²) in [4.78, 5) is 4.00. The first-order chi connectivity index (χ1) is 8.53. The van der Waals surface area contributed by atoms with Gasteiger partial charge in [-0.05, 0) is 6.92 Å². The number of hydrogen-bond donors (Lipinski definition) is 2. The van der Waals surface area contributed by atoms with E-state index in [0.29, 0.717) is 11.6 Å². The standard InChI is InChI=1S/C9H13N5O2S2/c1-2-14-6-7(9(10)13-14)18(15,16)12-5-8-11-3-4-17-8/h3-4,6,12H,2,5H2,1H3,(H2,10,13). The van der Waals surface area contributed by atoms with Crippen molar-refractivity contribution in [3.8, 4) is 0 Å². The third kappa shape index (κ3) is 2.68. The largest absolute Gasteiger partial charge is 0.381 e. The number of nitrogens with zero attached hydrogens (tertiary/aromatic N) is 3. The third-order valence-electron chi connectivity index (χ3n) is 2.27. The zero-order valence-corrected chi connectivity index (χ0v) is 11.3. The summed E-state index contributed by atoms with van der Waals surface area (Å²) in [6.45, 7) is 2.56. The van der Waals surface area contributed by atoms with Crippen molar-refractivity contribution in [2.75, 3.05) is 5.73 Å². The summed E-state index contributed by atoms with van der Waals surface area (Å²) < 4.78 is 27.9. The number of nitrogens with two attached hydrogens (primary N) is 1. The first-order valence-electron chi connectivity index (χ1n) is 5.24. The molecule has 0 amide bonds. The van der Waals surface area contributed by atoms with E-state index in [4.69, 9.17) is 5.73 Å². The topological polar surface area (TPSA) is 103 Å². The zero-order valence-electron chi connectivity index (χ0n) is 9.70. The van der Waals surface area contributed by atoms with Crippen LogP contribution >= 0.6 is 11.3 Å². The lowest BCUT2D eigenvalue weighted by atomic mass is 10.6. The first kappa shape index (κ1) is 13.0. The van der Waals surface area contributed by atoms with Crippen LogP contribution in [0.2, 0.25) is 0 Å². The lowest BCUT2D eigenvalue weighted by Gasteiger charge is -2.02. The van der Waals surface area contributed by atoms with Gasteiger partial charge in [0.05, 0.1) is 6.54 Å². The molecule has 0 fully saturated rings.